The molecule has 0 aliphatic carbocycles. The van der Waals surface area contributed by atoms with Crippen LogP contribution in [-0.4, -0.2) is 6.61 Å². The quantitative estimate of drug-likeness (QED) is 0.927. The first-order valence-corrected chi connectivity index (χ1v) is 7.16. The number of hydrogen-bond donors (Lipinski definition) is 1. The Morgan fingerprint density at radius 1 is 1.41 bits per heavy atom. The summed E-state index contributed by atoms with van der Waals surface area (Å²) in [6.07, 6.45) is 0. The second-order valence-corrected chi connectivity index (χ2v) is 5.35. The molecule has 2 aromatic rings. The minimum atomic E-state index is -0.139. The zero-order valence-corrected chi connectivity index (χ0v) is 11.9. The molecule has 2 nitrogen and oxygen atoms in total. The molecule has 4 heteroatoms. The van der Waals surface area contributed by atoms with Crippen molar-refractivity contribution in [2.75, 3.05) is 6.61 Å². The molecule has 1 aromatic heterocycles. The summed E-state index contributed by atoms with van der Waals surface area (Å²) < 4.78 is 6.63. The normalized spacial score (nSPS) is 12.4. The smallest absolute Gasteiger partial charge is 0.124 e. The van der Waals surface area contributed by atoms with Gasteiger partial charge < -0.3 is 10.5 Å². The SMILES string of the molecule is CCOc1ccc(Br)cc1[C@@H](N)c1ccsc1. The van der Waals surface area contributed by atoms with Gasteiger partial charge in [-0.3, -0.25) is 0 Å². The van der Waals surface area contributed by atoms with Crippen molar-refractivity contribution in [1.29, 1.82) is 0 Å². The van der Waals surface area contributed by atoms with Gasteiger partial charge in [-0.05, 0) is 47.5 Å². The van der Waals surface area contributed by atoms with Crippen LogP contribution in [-0.2, 0) is 0 Å². The van der Waals surface area contributed by atoms with Crippen LogP contribution in [0.25, 0.3) is 0 Å². The minimum Gasteiger partial charge on any atom is -0.494 e. The van der Waals surface area contributed by atoms with E-state index in [2.05, 4.69) is 21.3 Å². The second-order valence-electron chi connectivity index (χ2n) is 3.65. The number of rotatable bonds is 4. The topological polar surface area (TPSA) is 35.2 Å². The van der Waals surface area contributed by atoms with Gasteiger partial charge in [0.2, 0.25) is 0 Å². The van der Waals surface area contributed by atoms with Crippen molar-refractivity contribution >= 4 is 27.3 Å². The third-order valence-corrected chi connectivity index (χ3v) is 3.70. The van der Waals surface area contributed by atoms with E-state index in [0.717, 1.165) is 21.3 Å². The van der Waals surface area contributed by atoms with E-state index in [4.69, 9.17) is 10.5 Å². The van der Waals surface area contributed by atoms with Crippen molar-refractivity contribution in [2.24, 2.45) is 5.73 Å². The van der Waals surface area contributed by atoms with E-state index in [0.29, 0.717) is 6.61 Å². The van der Waals surface area contributed by atoms with Gasteiger partial charge in [0.25, 0.3) is 0 Å². The van der Waals surface area contributed by atoms with Crippen LogP contribution in [0.2, 0.25) is 0 Å². The molecule has 0 aliphatic rings. The molecule has 0 spiro atoms. The Balaban J connectivity index is 2.38. The van der Waals surface area contributed by atoms with E-state index in [1.54, 1.807) is 11.3 Å². The van der Waals surface area contributed by atoms with Crippen LogP contribution >= 0.6 is 27.3 Å². The molecular formula is C13H14BrNOS. The molecule has 17 heavy (non-hydrogen) atoms. The van der Waals surface area contributed by atoms with Crippen molar-refractivity contribution in [1.82, 2.24) is 0 Å². The Hall–Kier alpha value is -0.840. The van der Waals surface area contributed by atoms with Crippen molar-refractivity contribution in [3.05, 3.63) is 50.6 Å². The Bertz CT molecular complexity index is 484. The molecule has 2 rings (SSSR count). The molecule has 0 bridgehead atoms. The first-order valence-electron chi connectivity index (χ1n) is 5.42. The zero-order valence-electron chi connectivity index (χ0n) is 9.52. The van der Waals surface area contributed by atoms with Gasteiger partial charge in [-0.1, -0.05) is 15.9 Å². The monoisotopic (exact) mass is 311 g/mol. The summed E-state index contributed by atoms with van der Waals surface area (Å²) in [7, 11) is 0. The van der Waals surface area contributed by atoms with Gasteiger partial charge in [-0.15, -0.1) is 0 Å². The van der Waals surface area contributed by atoms with Crippen LogP contribution in [0.4, 0.5) is 0 Å². The van der Waals surface area contributed by atoms with Gasteiger partial charge in [-0.25, -0.2) is 0 Å². The van der Waals surface area contributed by atoms with Crippen molar-refractivity contribution in [3.63, 3.8) is 0 Å². The third-order valence-electron chi connectivity index (χ3n) is 2.51. The van der Waals surface area contributed by atoms with E-state index >= 15 is 0 Å². The van der Waals surface area contributed by atoms with Gasteiger partial charge >= 0.3 is 0 Å². The van der Waals surface area contributed by atoms with Crippen LogP contribution in [0, 0.1) is 0 Å². The summed E-state index contributed by atoms with van der Waals surface area (Å²) in [6, 6.07) is 7.85. The molecule has 0 saturated carbocycles. The fraction of sp³-hybridized carbons (Fsp3) is 0.231. The number of halogens is 1. The predicted molar refractivity (Wildman–Crippen MR) is 75.7 cm³/mol. The van der Waals surface area contributed by atoms with Crippen LogP contribution in [0.15, 0.2) is 39.5 Å². The lowest BCUT2D eigenvalue weighted by Crippen LogP contribution is -2.12. The van der Waals surface area contributed by atoms with E-state index in [-0.39, 0.29) is 6.04 Å². The second kappa shape index (κ2) is 5.67. The molecule has 0 aliphatic heterocycles. The van der Waals surface area contributed by atoms with Gasteiger partial charge in [0.1, 0.15) is 5.75 Å². The molecule has 1 atom stereocenters. The summed E-state index contributed by atoms with van der Waals surface area (Å²) in [6.45, 7) is 2.62. The van der Waals surface area contributed by atoms with E-state index in [1.165, 1.54) is 0 Å². The highest BCUT2D eigenvalue weighted by Crippen LogP contribution is 2.31. The molecule has 0 radical (unpaired) electrons. The average molecular weight is 312 g/mol. The Morgan fingerprint density at radius 3 is 2.88 bits per heavy atom. The van der Waals surface area contributed by atoms with Crippen LogP contribution in [0.5, 0.6) is 5.75 Å². The first-order chi connectivity index (χ1) is 8.22. The summed E-state index contributed by atoms with van der Waals surface area (Å²) in [5.41, 5.74) is 8.40. The first kappa shape index (κ1) is 12.6. The highest BCUT2D eigenvalue weighted by molar-refractivity contribution is 9.10. The maximum absolute atomic E-state index is 6.27. The van der Waals surface area contributed by atoms with Crippen molar-refractivity contribution in [3.8, 4) is 5.75 Å². The van der Waals surface area contributed by atoms with Gasteiger partial charge in [0.05, 0.1) is 12.6 Å². The van der Waals surface area contributed by atoms with Crippen molar-refractivity contribution < 1.29 is 4.74 Å². The molecule has 0 saturated heterocycles. The molecule has 0 unspecified atom stereocenters. The van der Waals surface area contributed by atoms with E-state index < -0.39 is 0 Å². The molecule has 1 heterocycles. The van der Waals surface area contributed by atoms with Crippen LogP contribution < -0.4 is 10.5 Å². The summed E-state index contributed by atoms with van der Waals surface area (Å²) in [4.78, 5) is 0. The van der Waals surface area contributed by atoms with E-state index in [9.17, 15) is 0 Å². The lowest BCUT2D eigenvalue weighted by atomic mass is 10.0. The highest BCUT2D eigenvalue weighted by atomic mass is 79.9. The molecule has 0 fully saturated rings. The molecular weight excluding hydrogens is 298 g/mol. The number of thiophene rings is 1. The number of nitrogens with two attached hydrogens (primary N) is 1. The minimum absolute atomic E-state index is 0.139. The fourth-order valence-corrected chi connectivity index (χ4v) is 2.76. The standard InChI is InChI=1S/C13H14BrNOS/c1-2-16-12-4-3-10(14)7-11(12)13(15)9-5-6-17-8-9/h3-8,13H,2,15H2,1H3/t13-/m0/s1. The Labute approximate surface area is 114 Å². The van der Waals surface area contributed by atoms with Gasteiger partial charge in [-0.2, -0.15) is 11.3 Å². The molecule has 2 N–H and O–H groups in total. The predicted octanol–water partition coefficient (Wildman–Crippen LogP) is 3.96. The largest absolute Gasteiger partial charge is 0.494 e. The maximum Gasteiger partial charge on any atom is 0.124 e. The Kier molecular flexibility index (Phi) is 4.20. The summed E-state index contributed by atoms with van der Waals surface area (Å²) >= 11 is 5.12. The fourth-order valence-electron chi connectivity index (χ4n) is 1.68. The summed E-state index contributed by atoms with van der Waals surface area (Å²) in [5, 5.41) is 4.11. The zero-order chi connectivity index (χ0) is 12.3. The van der Waals surface area contributed by atoms with Gasteiger partial charge in [0, 0.05) is 10.0 Å². The van der Waals surface area contributed by atoms with Crippen LogP contribution in [0.3, 0.4) is 0 Å². The lowest BCUT2D eigenvalue weighted by molar-refractivity contribution is 0.335. The third kappa shape index (κ3) is 2.89. The molecule has 1 aromatic carbocycles. The van der Waals surface area contributed by atoms with E-state index in [1.807, 2.05) is 36.6 Å². The van der Waals surface area contributed by atoms with Crippen molar-refractivity contribution in [2.45, 2.75) is 13.0 Å². The number of ether oxygens (including phenoxy) is 1. The van der Waals surface area contributed by atoms with Gasteiger partial charge in [0.15, 0.2) is 0 Å². The highest BCUT2D eigenvalue weighted by Gasteiger charge is 2.15. The number of hydrogen-bond acceptors (Lipinski definition) is 3. The molecule has 0 amide bonds. The lowest BCUT2D eigenvalue weighted by Gasteiger charge is -2.16. The Morgan fingerprint density at radius 2 is 2.24 bits per heavy atom. The summed E-state index contributed by atoms with van der Waals surface area (Å²) in [5.74, 6) is 0.856. The van der Waals surface area contributed by atoms with Crippen LogP contribution in [0.1, 0.15) is 24.1 Å². The average Bonchev–Trinajstić information content (AvgIpc) is 2.84. The molecule has 90 valence electrons. The number of benzene rings is 1. The maximum atomic E-state index is 6.27.